The lowest BCUT2D eigenvalue weighted by Gasteiger charge is -2.06. The summed E-state index contributed by atoms with van der Waals surface area (Å²) in [6, 6.07) is 4.40. The lowest BCUT2D eigenvalue weighted by molar-refractivity contribution is 0.101. The van der Waals surface area contributed by atoms with Crippen molar-refractivity contribution in [3.05, 3.63) is 23.3 Å². The van der Waals surface area contributed by atoms with E-state index in [1.165, 1.54) is 12.1 Å². The van der Waals surface area contributed by atoms with Crippen LogP contribution in [0, 0.1) is 11.3 Å². The van der Waals surface area contributed by atoms with Gasteiger partial charge in [0.2, 0.25) is 0 Å². The molecule has 0 saturated carbocycles. The molecule has 0 aliphatic heterocycles. The quantitative estimate of drug-likeness (QED) is 0.437. The Morgan fingerprint density at radius 3 is 2.79 bits per heavy atom. The smallest absolute Gasteiger partial charge is 0.183 e. The van der Waals surface area contributed by atoms with Crippen LogP contribution in [0.3, 0.4) is 0 Å². The number of hydrogen-bond acceptors (Lipinski definition) is 4. The Labute approximate surface area is 85.5 Å². The van der Waals surface area contributed by atoms with E-state index in [9.17, 15) is 9.90 Å². The molecule has 0 amide bonds. The third kappa shape index (κ3) is 1.63. The Morgan fingerprint density at radius 2 is 2.29 bits per heavy atom. The van der Waals surface area contributed by atoms with E-state index < -0.39 is 5.78 Å². The number of halogens is 1. The maximum Gasteiger partial charge on any atom is 0.183 e. The predicted octanol–water partition coefficient (Wildman–Crippen LogP) is 1.27. The molecule has 3 N–H and O–H groups in total. The number of rotatable bonds is 2. The summed E-state index contributed by atoms with van der Waals surface area (Å²) >= 11 is 5.33. The summed E-state index contributed by atoms with van der Waals surface area (Å²) in [5.41, 5.74) is 5.54. The number of Topliss-reactive ketones (excluding diaryl/α,β-unsaturated/α-hetero) is 1. The van der Waals surface area contributed by atoms with Gasteiger partial charge in [0.15, 0.2) is 5.78 Å². The number of phenols is 1. The summed E-state index contributed by atoms with van der Waals surface area (Å²) in [5.74, 6) is -1.04. The van der Waals surface area contributed by atoms with Gasteiger partial charge in [0.05, 0.1) is 22.7 Å². The topological polar surface area (TPSA) is 87.1 Å². The lowest BCUT2D eigenvalue weighted by Crippen LogP contribution is -2.07. The second kappa shape index (κ2) is 3.99. The van der Waals surface area contributed by atoms with Crippen molar-refractivity contribution in [1.82, 2.24) is 0 Å². The Hall–Kier alpha value is -1.73. The van der Waals surface area contributed by atoms with Gasteiger partial charge in [-0.25, -0.2) is 0 Å². The molecule has 1 aromatic carbocycles. The zero-order chi connectivity index (χ0) is 10.7. The van der Waals surface area contributed by atoms with Crippen molar-refractivity contribution in [3.63, 3.8) is 0 Å². The maximum absolute atomic E-state index is 11.2. The number of nitrogens with zero attached hydrogens (tertiary/aromatic N) is 1. The normalized spacial score (nSPS) is 9.43. The first-order valence-corrected chi connectivity index (χ1v) is 4.26. The van der Waals surface area contributed by atoms with Crippen molar-refractivity contribution in [2.75, 3.05) is 11.6 Å². The van der Waals surface area contributed by atoms with E-state index in [-0.39, 0.29) is 28.4 Å². The van der Waals surface area contributed by atoms with Gasteiger partial charge in [0.1, 0.15) is 11.8 Å². The number of aromatic hydroxyl groups is 1. The first-order valence-electron chi connectivity index (χ1n) is 3.72. The molecule has 0 aliphatic carbocycles. The average Bonchev–Trinajstić information content (AvgIpc) is 2.18. The molecule has 0 unspecified atom stereocenters. The Kier molecular flexibility index (Phi) is 2.95. The highest BCUT2D eigenvalue weighted by molar-refractivity contribution is 6.31. The minimum atomic E-state index is -0.501. The van der Waals surface area contributed by atoms with E-state index in [2.05, 4.69) is 0 Å². The van der Waals surface area contributed by atoms with E-state index in [4.69, 9.17) is 22.6 Å². The fraction of sp³-hybridized carbons (Fsp3) is 0.111. The van der Waals surface area contributed by atoms with Crippen LogP contribution in [0.2, 0.25) is 0 Å². The molecule has 4 nitrogen and oxygen atoms in total. The molecule has 1 aromatic rings. The van der Waals surface area contributed by atoms with E-state index in [0.29, 0.717) is 0 Å². The van der Waals surface area contributed by atoms with Crippen LogP contribution in [0.1, 0.15) is 15.9 Å². The molecule has 14 heavy (non-hydrogen) atoms. The third-order valence-corrected chi connectivity index (χ3v) is 1.99. The number of hydrogen-bond donors (Lipinski definition) is 2. The minimum Gasteiger partial charge on any atom is -0.507 e. The van der Waals surface area contributed by atoms with E-state index in [1.807, 2.05) is 6.07 Å². The molecule has 0 radical (unpaired) electrons. The number of benzene rings is 1. The molecule has 0 saturated heterocycles. The van der Waals surface area contributed by atoms with Crippen LogP contribution in [0.25, 0.3) is 0 Å². The van der Waals surface area contributed by atoms with Crippen LogP contribution in [0.5, 0.6) is 5.75 Å². The fourth-order valence-corrected chi connectivity index (χ4v) is 1.20. The lowest BCUT2D eigenvalue weighted by atomic mass is 10.0. The van der Waals surface area contributed by atoms with Gasteiger partial charge in [-0.15, -0.1) is 11.6 Å². The van der Waals surface area contributed by atoms with Crippen molar-refractivity contribution in [2.45, 2.75) is 0 Å². The van der Waals surface area contributed by atoms with Crippen LogP contribution in [0.15, 0.2) is 12.1 Å². The highest BCUT2D eigenvalue weighted by Crippen LogP contribution is 2.27. The molecule has 5 heteroatoms. The van der Waals surface area contributed by atoms with Crippen molar-refractivity contribution >= 4 is 23.1 Å². The molecule has 0 aliphatic rings. The molecule has 0 spiro atoms. The Morgan fingerprint density at radius 1 is 1.64 bits per heavy atom. The van der Waals surface area contributed by atoms with Crippen molar-refractivity contribution in [2.24, 2.45) is 0 Å². The molecular formula is C9H7ClN2O2. The number of carbonyl (C=O) groups excluding carboxylic acids is 1. The number of phenolic OH excluding ortho intramolecular Hbond substituents is 1. The van der Waals surface area contributed by atoms with Crippen LogP contribution in [-0.4, -0.2) is 16.8 Å². The third-order valence-electron chi connectivity index (χ3n) is 1.74. The first-order chi connectivity index (χ1) is 6.61. The van der Waals surface area contributed by atoms with Gasteiger partial charge in [0.25, 0.3) is 0 Å². The number of anilines is 1. The first kappa shape index (κ1) is 10.4. The highest BCUT2D eigenvalue weighted by atomic mass is 35.5. The summed E-state index contributed by atoms with van der Waals surface area (Å²) < 4.78 is 0. The van der Waals surface area contributed by atoms with Crippen LogP contribution >= 0.6 is 11.6 Å². The molecule has 1 rings (SSSR count). The molecule has 0 aromatic heterocycles. The molecular weight excluding hydrogens is 204 g/mol. The molecule has 0 bridgehead atoms. The van der Waals surface area contributed by atoms with Gasteiger partial charge < -0.3 is 10.8 Å². The Balaban J connectivity index is 3.42. The number of nitrogens with two attached hydrogens (primary N) is 1. The van der Waals surface area contributed by atoms with Gasteiger partial charge in [-0.1, -0.05) is 0 Å². The summed E-state index contributed by atoms with van der Waals surface area (Å²) in [7, 11) is 0. The maximum atomic E-state index is 11.2. The average molecular weight is 211 g/mol. The van der Waals surface area contributed by atoms with Crippen LogP contribution < -0.4 is 5.73 Å². The summed E-state index contributed by atoms with van der Waals surface area (Å²) in [6.45, 7) is 0. The van der Waals surface area contributed by atoms with Crippen LogP contribution in [-0.2, 0) is 0 Å². The highest BCUT2D eigenvalue weighted by Gasteiger charge is 2.16. The Bertz CT molecular complexity index is 424. The molecule has 72 valence electrons. The molecule has 0 heterocycles. The second-order valence-electron chi connectivity index (χ2n) is 2.59. The number of carbonyl (C=O) groups is 1. The zero-order valence-electron chi connectivity index (χ0n) is 7.12. The van der Waals surface area contributed by atoms with E-state index in [1.54, 1.807) is 0 Å². The standard InChI is InChI=1S/C9H7ClN2O2/c10-3-7(14)8-6(13)2-1-5(4-11)9(8)12/h1-2,13H,3,12H2. The number of nitriles is 1. The van der Waals surface area contributed by atoms with Crippen molar-refractivity contribution in [1.29, 1.82) is 5.26 Å². The largest absolute Gasteiger partial charge is 0.507 e. The van der Waals surface area contributed by atoms with Gasteiger partial charge in [-0.05, 0) is 12.1 Å². The van der Waals surface area contributed by atoms with Gasteiger partial charge in [-0.3, -0.25) is 4.79 Å². The number of alkyl halides is 1. The van der Waals surface area contributed by atoms with Crippen LogP contribution in [0.4, 0.5) is 5.69 Å². The molecule has 0 atom stereocenters. The van der Waals surface area contributed by atoms with Gasteiger partial charge >= 0.3 is 0 Å². The number of nitrogen functional groups attached to an aromatic ring is 1. The monoisotopic (exact) mass is 210 g/mol. The number of ketones is 1. The van der Waals surface area contributed by atoms with Gasteiger partial charge in [0, 0.05) is 0 Å². The van der Waals surface area contributed by atoms with Gasteiger partial charge in [-0.2, -0.15) is 5.26 Å². The van der Waals surface area contributed by atoms with E-state index >= 15 is 0 Å². The van der Waals surface area contributed by atoms with Crippen molar-refractivity contribution in [3.8, 4) is 11.8 Å². The minimum absolute atomic E-state index is 0.0295. The zero-order valence-corrected chi connectivity index (χ0v) is 7.88. The molecule has 0 fully saturated rings. The predicted molar refractivity (Wildman–Crippen MR) is 52.3 cm³/mol. The summed E-state index contributed by atoms with van der Waals surface area (Å²) in [6.07, 6.45) is 0. The van der Waals surface area contributed by atoms with E-state index in [0.717, 1.165) is 0 Å². The SMILES string of the molecule is N#Cc1ccc(O)c(C(=O)CCl)c1N. The summed E-state index contributed by atoms with van der Waals surface area (Å²) in [5, 5.41) is 18.0. The summed E-state index contributed by atoms with van der Waals surface area (Å²) in [4.78, 5) is 11.2. The van der Waals surface area contributed by atoms with Crippen molar-refractivity contribution < 1.29 is 9.90 Å². The second-order valence-corrected chi connectivity index (χ2v) is 2.86. The fourth-order valence-electron chi connectivity index (χ4n) is 1.07.